The topological polar surface area (TPSA) is 27.3 Å². The number of para-hydroxylation sites is 2. The first-order valence-electron chi connectivity index (χ1n) is 19.5. The number of thiophene rings is 1. The molecule has 5 heterocycles. The van der Waals surface area contributed by atoms with Crippen LogP contribution in [0, 0.1) is 0 Å². The zero-order valence-electron chi connectivity index (χ0n) is 32.2. The minimum absolute atomic E-state index is 0.0143. The molecule has 2 aliphatic rings. The van der Waals surface area contributed by atoms with E-state index >= 15 is 0 Å². The number of benzene rings is 7. The molecule has 270 valence electrons. The number of hydrogen-bond acceptors (Lipinski definition) is 4. The number of nitrogens with zero attached hydrogens (tertiary/aromatic N) is 1. The van der Waals surface area contributed by atoms with E-state index in [4.69, 9.17) is 9.15 Å². The minimum atomic E-state index is 0.0143. The summed E-state index contributed by atoms with van der Waals surface area (Å²) in [5.74, 6) is 1.87. The van der Waals surface area contributed by atoms with Crippen LogP contribution in [0.2, 0.25) is 0 Å². The van der Waals surface area contributed by atoms with Crippen LogP contribution in [0.5, 0.6) is 11.5 Å². The summed E-state index contributed by atoms with van der Waals surface area (Å²) in [6.45, 7) is 13.9. The van der Waals surface area contributed by atoms with Gasteiger partial charge in [0.1, 0.15) is 22.7 Å². The molecule has 0 unspecified atom stereocenters. The molecule has 7 aromatic carbocycles. The molecule has 0 aliphatic carbocycles. The smallest absolute Gasteiger partial charge is 0.253 e. The Balaban J connectivity index is 1.20. The molecule has 0 spiro atoms. The van der Waals surface area contributed by atoms with Crippen LogP contribution in [-0.2, 0) is 10.8 Å². The van der Waals surface area contributed by atoms with Crippen molar-refractivity contribution in [2.75, 3.05) is 0 Å². The highest BCUT2D eigenvalue weighted by molar-refractivity contribution is 8.00. The summed E-state index contributed by atoms with van der Waals surface area (Å²) < 4.78 is 19.0. The Kier molecular flexibility index (Phi) is 6.51. The molecular weight excluding hydrogens is 722 g/mol. The Morgan fingerprint density at radius 1 is 0.589 bits per heavy atom. The third-order valence-corrected chi connectivity index (χ3v) is 14.5. The standard InChI is InChI=1S/C50H38BNO2S2/c1-49(2,3)27-19-21-37-33(23-27)51-34-24-28(50(4,5)6)20-22-40(34)55-41-26-29(25-38(53-37)45(41)51)52-35-16-10-7-13-30(35)42-46(52)43-32-15-9-12-18-39(32)56-48(43)44-31-14-8-11-17-36(31)54-47(42)44/h7-26H,1-6H3. The number of aromatic nitrogens is 1. The van der Waals surface area contributed by atoms with E-state index in [9.17, 15) is 0 Å². The van der Waals surface area contributed by atoms with Crippen molar-refractivity contribution in [2.45, 2.75) is 62.2 Å². The molecule has 56 heavy (non-hydrogen) atoms. The van der Waals surface area contributed by atoms with Gasteiger partial charge in [-0.25, -0.2) is 0 Å². The number of hydrogen-bond donors (Lipinski definition) is 0. The molecular formula is C50H38BNO2S2. The van der Waals surface area contributed by atoms with Gasteiger partial charge in [0.05, 0.1) is 22.1 Å². The first-order chi connectivity index (χ1) is 27.0. The van der Waals surface area contributed by atoms with Gasteiger partial charge in [-0.2, -0.15) is 0 Å². The molecule has 0 amide bonds. The molecule has 12 rings (SSSR count). The molecule has 0 atom stereocenters. The number of ether oxygens (including phenoxy) is 1. The molecule has 0 fully saturated rings. The van der Waals surface area contributed by atoms with Crippen molar-refractivity contribution in [3.05, 3.63) is 132 Å². The van der Waals surface area contributed by atoms with E-state index in [-0.39, 0.29) is 17.5 Å². The number of fused-ring (bicyclic) bond motifs is 16. The van der Waals surface area contributed by atoms with Gasteiger partial charge in [0, 0.05) is 52.2 Å². The Labute approximate surface area is 334 Å². The fourth-order valence-corrected chi connectivity index (χ4v) is 11.9. The molecule has 3 nitrogen and oxygen atoms in total. The average Bonchev–Trinajstić information content (AvgIpc) is 3.86. The van der Waals surface area contributed by atoms with Crippen LogP contribution in [0.15, 0.2) is 136 Å². The van der Waals surface area contributed by atoms with Crippen LogP contribution in [0.1, 0.15) is 52.7 Å². The predicted octanol–water partition coefficient (Wildman–Crippen LogP) is 12.7. The van der Waals surface area contributed by atoms with E-state index in [1.807, 2.05) is 23.1 Å². The van der Waals surface area contributed by atoms with Crippen molar-refractivity contribution < 1.29 is 9.15 Å². The zero-order valence-corrected chi connectivity index (χ0v) is 33.8. The maximum absolute atomic E-state index is 7.08. The third-order valence-electron chi connectivity index (χ3n) is 12.2. The summed E-state index contributed by atoms with van der Waals surface area (Å²) in [6.07, 6.45) is 0. The van der Waals surface area contributed by atoms with Crippen LogP contribution >= 0.6 is 23.1 Å². The lowest BCUT2D eigenvalue weighted by molar-refractivity contribution is 0.485. The lowest BCUT2D eigenvalue weighted by atomic mass is 9.35. The van der Waals surface area contributed by atoms with Crippen molar-refractivity contribution in [1.82, 2.24) is 4.57 Å². The van der Waals surface area contributed by atoms with E-state index < -0.39 is 0 Å². The second kappa shape index (κ2) is 11.1. The molecule has 10 aromatic rings. The van der Waals surface area contributed by atoms with Crippen molar-refractivity contribution in [1.29, 1.82) is 0 Å². The predicted molar refractivity (Wildman–Crippen MR) is 240 cm³/mol. The van der Waals surface area contributed by atoms with Gasteiger partial charge >= 0.3 is 0 Å². The molecule has 2 aliphatic heterocycles. The first-order valence-corrected chi connectivity index (χ1v) is 21.2. The normalized spacial score (nSPS) is 13.9. The molecule has 0 radical (unpaired) electrons. The Hall–Kier alpha value is -5.43. The van der Waals surface area contributed by atoms with Gasteiger partial charge in [0.25, 0.3) is 6.71 Å². The summed E-state index contributed by atoms with van der Waals surface area (Å²) in [5.41, 5.74) is 11.9. The van der Waals surface area contributed by atoms with Gasteiger partial charge in [-0.3, -0.25) is 0 Å². The third kappa shape index (κ3) is 4.43. The number of rotatable bonds is 1. The van der Waals surface area contributed by atoms with Crippen molar-refractivity contribution >= 4 is 110 Å². The minimum Gasteiger partial charge on any atom is -0.458 e. The Bertz CT molecular complexity index is 3230. The molecule has 3 aromatic heterocycles. The molecule has 0 saturated heterocycles. The van der Waals surface area contributed by atoms with E-state index in [1.165, 1.54) is 73.8 Å². The van der Waals surface area contributed by atoms with Crippen LogP contribution in [0.4, 0.5) is 0 Å². The van der Waals surface area contributed by atoms with E-state index in [0.29, 0.717) is 0 Å². The van der Waals surface area contributed by atoms with Crippen LogP contribution in [0.3, 0.4) is 0 Å². The highest BCUT2D eigenvalue weighted by atomic mass is 32.2. The average molecular weight is 760 g/mol. The number of furan rings is 1. The van der Waals surface area contributed by atoms with E-state index in [1.54, 1.807) is 0 Å². The molecule has 6 heteroatoms. The van der Waals surface area contributed by atoms with Crippen LogP contribution < -0.4 is 21.1 Å². The lowest BCUT2D eigenvalue weighted by Gasteiger charge is -2.35. The van der Waals surface area contributed by atoms with Crippen molar-refractivity contribution in [2.24, 2.45) is 0 Å². The van der Waals surface area contributed by atoms with Crippen molar-refractivity contribution in [3.63, 3.8) is 0 Å². The fraction of sp³-hybridized carbons (Fsp3) is 0.160. The van der Waals surface area contributed by atoms with Gasteiger partial charge in [0.2, 0.25) is 0 Å². The maximum atomic E-state index is 7.08. The molecule has 0 N–H and O–H groups in total. The van der Waals surface area contributed by atoms with Crippen LogP contribution in [0.25, 0.3) is 69.6 Å². The summed E-state index contributed by atoms with van der Waals surface area (Å²) in [5, 5.41) is 7.24. The Morgan fingerprint density at radius 2 is 1.29 bits per heavy atom. The summed E-state index contributed by atoms with van der Waals surface area (Å²) in [6, 6.07) is 45.0. The zero-order chi connectivity index (χ0) is 37.8. The lowest BCUT2D eigenvalue weighted by Crippen LogP contribution is -2.58. The second-order valence-electron chi connectivity index (χ2n) is 17.7. The Morgan fingerprint density at radius 3 is 2.09 bits per heavy atom. The summed E-state index contributed by atoms with van der Waals surface area (Å²) >= 11 is 3.75. The summed E-state index contributed by atoms with van der Waals surface area (Å²) in [7, 11) is 0. The quantitative estimate of drug-likeness (QED) is 0.156. The highest BCUT2D eigenvalue weighted by Gasteiger charge is 2.41. The van der Waals surface area contributed by atoms with Gasteiger partial charge in [0.15, 0.2) is 0 Å². The fourth-order valence-electron chi connectivity index (χ4n) is 9.43. The van der Waals surface area contributed by atoms with Crippen molar-refractivity contribution in [3.8, 4) is 17.2 Å². The molecule has 0 saturated carbocycles. The maximum Gasteiger partial charge on any atom is 0.253 e. The SMILES string of the molecule is CC(C)(C)c1ccc2c(c1)B1c3cc(C(C)(C)C)ccc3Sc3cc(-n4c5ccccc5c5c6oc7ccccc7c6c6sc7ccccc7c6c54)cc(c31)O2. The van der Waals surface area contributed by atoms with E-state index in [0.717, 1.165) is 44.6 Å². The summed E-state index contributed by atoms with van der Waals surface area (Å²) in [4.78, 5) is 2.55. The van der Waals surface area contributed by atoms with Gasteiger partial charge in [-0.05, 0) is 69.3 Å². The second-order valence-corrected chi connectivity index (χ2v) is 19.8. The van der Waals surface area contributed by atoms with Crippen LogP contribution in [-0.4, -0.2) is 11.3 Å². The van der Waals surface area contributed by atoms with Gasteiger partial charge in [-0.15, -0.1) is 11.3 Å². The van der Waals surface area contributed by atoms with E-state index in [2.05, 4.69) is 167 Å². The largest absolute Gasteiger partial charge is 0.458 e. The van der Waals surface area contributed by atoms with Gasteiger partial charge in [-0.1, -0.05) is 138 Å². The molecule has 0 bridgehead atoms. The highest BCUT2D eigenvalue weighted by Crippen LogP contribution is 2.51. The van der Waals surface area contributed by atoms with Gasteiger partial charge < -0.3 is 13.7 Å². The monoisotopic (exact) mass is 759 g/mol. The first kappa shape index (κ1) is 32.8.